The van der Waals surface area contributed by atoms with Crippen molar-refractivity contribution in [2.24, 2.45) is 0 Å². The number of benzene rings is 1. The molecule has 3 aromatic rings. The van der Waals surface area contributed by atoms with Crippen LogP contribution >= 0.6 is 35.1 Å². The highest BCUT2D eigenvalue weighted by Gasteiger charge is 2.42. The molecule has 0 bridgehead atoms. The van der Waals surface area contributed by atoms with Crippen LogP contribution in [0, 0.1) is 13.8 Å². The number of rotatable bonds is 7. The topological polar surface area (TPSA) is 73.8 Å². The number of aromatic nitrogens is 1. The normalized spacial score (nSPS) is 16.9. The molecule has 0 radical (unpaired) electrons. The van der Waals surface area contributed by atoms with Crippen molar-refractivity contribution in [3.05, 3.63) is 40.8 Å². The maximum atomic E-state index is 13.8. The van der Waals surface area contributed by atoms with E-state index < -0.39 is 16.1 Å². The first-order chi connectivity index (χ1) is 15.2. The second-order valence-electron chi connectivity index (χ2n) is 8.35. The third-order valence-corrected chi connectivity index (χ3v) is 10.2. The van der Waals surface area contributed by atoms with E-state index in [2.05, 4.69) is 13.0 Å². The largest absolute Gasteiger partial charge is 0.308 e. The van der Waals surface area contributed by atoms with Crippen molar-refractivity contribution in [3.8, 4) is 0 Å². The smallest absolute Gasteiger partial charge is 0.253 e. The number of fused-ring (bicyclic) bond motifs is 1. The summed E-state index contributed by atoms with van der Waals surface area (Å²) in [4.78, 5) is 22.3. The lowest BCUT2D eigenvalue weighted by Crippen LogP contribution is -2.49. The van der Waals surface area contributed by atoms with Gasteiger partial charge in [-0.2, -0.15) is 4.31 Å². The fraction of sp³-hybridized carbons (Fsp3) is 0.455. The Balaban J connectivity index is 0.00000306. The predicted molar refractivity (Wildman–Crippen MR) is 138 cm³/mol. The minimum absolute atomic E-state index is 0. The van der Waals surface area contributed by atoms with Gasteiger partial charge < -0.3 is 4.90 Å². The Morgan fingerprint density at radius 1 is 1.21 bits per heavy atom. The molecule has 33 heavy (non-hydrogen) atoms. The fourth-order valence-electron chi connectivity index (χ4n) is 3.91. The number of thiazole rings is 1. The van der Waals surface area contributed by atoms with Gasteiger partial charge in [0.05, 0.1) is 10.2 Å². The Labute approximate surface area is 209 Å². The molecule has 0 saturated carbocycles. The average molecular weight is 529 g/mol. The van der Waals surface area contributed by atoms with E-state index in [4.69, 9.17) is 4.98 Å². The van der Waals surface area contributed by atoms with E-state index in [1.54, 1.807) is 22.4 Å². The van der Waals surface area contributed by atoms with Gasteiger partial charge in [0, 0.05) is 19.6 Å². The van der Waals surface area contributed by atoms with Crippen LogP contribution in [0.2, 0.25) is 0 Å². The van der Waals surface area contributed by atoms with E-state index in [-0.39, 0.29) is 22.5 Å². The monoisotopic (exact) mass is 528 g/mol. The highest BCUT2D eigenvalue weighted by molar-refractivity contribution is 7.91. The molecule has 3 heterocycles. The molecule has 180 valence electrons. The molecular formula is C22H29ClN4O3S3. The molecule has 1 fully saturated rings. The Morgan fingerprint density at radius 2 is 1.97 bits per heavy atom. The number of halogens is 1. The molecule has 1 aliphatic heterocycles. The molecule has 4 rings (SSSR count). The van der Waals surface area contributed by atoms with Gasteiger partial charge in [-0.3, -0.25) is 9.69 Å². The maximum absolute atomic E-state index is 13.8. The first-order valence-electron chi connectivity index (χ1n) is 10.6. The molecule has 1 unspecified atom stereocenters. The summed E-state index contributed by atoms with van der Waals surface area (Å²) in [6, 6.07) is 6.72. The standard InChI is InChI=1S/C22H28N4O3S3.ClH/c1-15-9-10-18-20(16(15)2)23-22(31-18)25(13-12-24(3)4)21(27)17-7-5-11-26(17)32(28,29)19-8-6-14-30-19;/h6,8-10,14,17H,5,7,11-13H2,1-4H3;1H. The number of thiophene rings is 1. The average Bonchev–Trinajstić information content (AvgIpc) is 3.51. The fourth-order valence-corrected chi connectivity index (χ4v) is 7.74. The van der Waals surface area contributed by atoms with Crippen LogP contribution in [-0.2, 0) is 14.8 Å². The quantitative estimate of drug-likeness (QED) is 0.460. The van der Waals surface area contributed by atoms with Crippen LogP contribution in [0.25, 0.3) is 10.2 Å². The number of carbonyl (C=O) groups excluding carboxylic acids is 1. The lowest BCUT2D eigenvalue weighted by Gasteiger charge is -2.29. The van der Waals surface area contributed by atoms with Crippen molar-refractivity contribution in [3.63, 3.8) is 0 Å². The minimum Gasteiger partial charge on any atom is -0.308 e. The van der Waals surface area contributed by atoms with Gasteiger partial charge in [0.2, 0.25) is 5.91 Å². The van der Waals surface area contributed by atoms with Gasteiger partial charge in [0.25, 0.3) is 10.0 Å². The molecule has 1 aliphatic rings. The molecule has 1 saturated heterocycles. The number of hydrogen-bond donors (Lipinski definition) is 0. The molecule has 0 aliphatic carbocycles. The highest BCUT2D eigenvalue weighted by Crippen LogP contribution is 2.34. The van der Waals surface area contributed by atoms with Crippen molar-refractivity contribution in [1.29, 1.82) is 0 Å². The molecule has 1 amide bonds. The van der Waals surface area contributed by atoms with Crippen molar-refractivity contribution in [2.45, 2.75) is 36.9 Å². The number of amides is 1. The Kier molecular flexibility index (Phi) is 8.19. The molecule has 1 atom stereocenters. The molecule has 0 spiro atoms. The lowest BCUT2D eigenvalue weighted by molar-refractivity contribution is -0.121. The van der Waals surface area contributed by atoms with Crippen LogP contribution in [-0.4, -0.2) is 68.3 Å². The maximum Gasteiger partial charge on any atom is 0.253 e. The van der Waals surface area contributed by atoms with Crippen molar-refractivity contribution in [2.75, 3.05) is 38.6 Å². The summed E-state index contributed by atoms with van der Waals surface area (Å²) < 4.78 is 29.1. The third kappa shape index (κ3) is 5.11. The van der Waals surface area contributed by atoms with Crippen molar-refractivity contribution < 1.29 is 13.2 Å². The number of hydrogen-bond acceptors (Lipinski definition) is 7. The second-order valence-corrected chi connectivity index (χ2v) is 12.4. The van der Waals surface area contributed by atoms with E-state index in [0.29, 0.717) is 37.6 Å². The summed E-state index contributed by atoms with van der Waals surface area (Å²) in [5, 5.41) is 2.37. The van der Waals surface area contributed by atoms with Crippen LogP contribution in [0.15, 0.2) is 33.9 Å². The second kappa shape index (κ2) is 10.4. The highest BCUT2D eigenvalue weighted by atomic mass is 35.5. The molecule has 7 nitrogen and oxygen atoms in total. The van der Waals surface area contributed by atoms with Gasteiger partial charge in [-0.25, -0.2) is 13.4 Å². The number of nitrogens with zero attached hydrogens (tertiary/aromatic N) is 4. The number of likely N-dealkylation sites (N-methyl/N-ethyl adjacent to an activating group) is 1. The summed E-state index contributed by atoms with van der Waals surface area (Å²) >= 11 is 2.67. The van der Waals surface area contributed by atoms with Crippen LogP contribution in [0.3, 0.4) is 0 Å². The van der Waals surface area contributed by atoms with Gasteiger partial charge in [-0.05, 0) is 69.4 Å². The Morgan fingerprint density at radius 3 is 2.64 bits per heavy atom. The minimum atomic E-state index is -3.70. The molecule has 2 aromatic heterocycles. The van der Waals surface area contributed by atoms with E-state index in [1.165, 1.54) is 27.0 Å². The first-order valence-corrected chi connectivity index (χ1v) is 13.7. The number of aryl methyl sites for hydroxylation is 2. The zero-order valence-corrected chi connectivity index (χ0v) is 22.4. The predicted octanol–water partition coefficient (Wildman–Crippen LogP) is 4.14. The molecular weight excluding hydrogens is 500 g/mol. The molecule has 1 aromatic carbocycles. The van der Waals surface area contributed by atoms with Crippen molar-refractivity contribution in [1.82, 2.24) is 14.2 Å². The van der Waals surface area contributed by atoms with Crippen LogP contribution in [0.4, 0.5) is 5.13 Å². The van der Waals surface area contributed by atoms with Crippen LogP contribution < -0.4 is 4.90 Å². The van der Waals surface area contributed by atoms with E-state index in [9.17, 15) is 13.2 Å². The zero-order chi connectivity index (χ0) is 23.0. The van der Waals surface area contributed by atoms with E-state index in [0.717, 1.165) is 21.3 Å². The van der Waals surface area contributed by atoms with Crippen LogP contribution in [0.1, 0.15) is 24.0 Å². The molecule has 0 N–H and O–H groups in total. The summed E-state index contributed by atoms with van der Waals surface area (Å²) in [5.41, 5.74) is 3.17. The number of sulfonamides is 1. The summed E-state index contributed by atoms with van der Waals surface area (Å²) in [7, 11) is 0.215. The van der Waals surface area contributed by atoms with Gasteiger partial charge in [0.1, 0.15) is 10.3 Å². The van der Waals surface area contributed by atoms with E-state index >= 15 is 0 Å². The number of anilines is 1. The zero-order valence-electron chi connectivity index (χ0n) is 19.1. The molecule has 11 heteroatoms. The first kappa shape index (κ1) is 26.1. The van der Waals surface area contributed by atoms with E-state index in [1.807, 2.05) is 32.0 Å². The van der Waals surface area contributed by atoms with Gasteiger partial charge in [-0.1, -0.05) is 23.5 Å². The Hall–Kier alpha value is -1.56. The SMILES string of the molecule is Cc1ccc2sc(N(CCN(C)C)C(=O)C3CCCN3S(=O)(=O)c3cccs3)nc2c1C.Cl. The van der Waals surface area contributed by atoms with Gasteiger partial charge in [-0.15, -0.1) is 23.7 Å². The van der Waals surface area contributed by atoms with Gasteiger partial charge >= 0.3 is 0 Å². The summed E-state index contributed by atoms with van der Waals surface area (Å²) in [6.45, 7) is 5.56. The lowest BCUT2D eigenvalue weighted by atomic mass is 10.1. The van der Waals surface area contributed by atoms with Gasteiger partial charge in [0.15, 0.2) is 5.13 Å². The third-order valence-electron chi connectivity index (χ3n) is 5.89. The number of carbonyl (C=O) groups is 1. The van der Waals surface area contributed by atoms with Crippen LogP contribution in [0.5, 0.6) is 0 Å². The summed E-state index contributed by atoms with van der Waals surface area (Å²) in [5.74, 6) is -0.196. The Bertz CT molecular complexity index is 1230. The summed E-state index contributed by atoms with van der Waals surface area (Å²) in [6.07, 6.45) is 1.19. The van der Waals surface area contributed by atoms with Crippen molar-refractivity contribution >= 4 is 66.4 Å².